The van der Waals surface area contributed by atoms with Gasteiger partial charge in [-0.3, -0.25) is 0 Å². The molecular formula is CH6AlOU. The Bertz CT molecular complexity index is 8.00. The van der Waals surface area contributed by atoms with Crippen LogP contribution in [-0.2, 0) is 0 Å². The molecule has 1 N–H and O–H groups in total. The molecule has 4 heavy (non-hydrogen) atoms. The predicted molar refractivity (Wildman–Crippen MR) is 16.7 cm³/mol. The molecule has 3 heteroatoms. The molecular weight excluding hydrogens is 293 g/mol. The molecule has 0 fully saturated rings. The minimum atomic E-state index is 0. The molecule has 1 nitrogen and oxygen atoms in total. The molecule has 0 unspecified atom stereocenters. The topological polar surface area (TPSA) is 20.2 Å². The summed E-state index contributed by atoms with van der Waals surface area (Å²) in [6.07, 6.45) is 0. The fourth-order valence-electron chi connectivity index (χ4n) is 0. The summed E-state index contributed by atoms with van der Waals surface area (Å²) in [5.41, 5.74) is 0. The normalized spacial score (nSPS) is 1.50. The third-order valence-electron chi connectivity index (χ3n) is 0. The first-order valence-electron chi connectivity index (χ1n) is 0.447. The first-order chi connectivity index (χ1) is 1.00. The zero-order valence-electron chi connectivity index (χ0n) is 2.95. The van der Waals surface area contributed by atoms with Crippen LogP contribution in [0, 0.1) is 31.1 Å². The number of rotatable bonds is 0. The summed E-state index contributed by atoms with van der Waals surface area (Å²) in [6, 6.07) is 0. The average molecular weight is 299 g/mol. The van der Waals surface area contributed by atoms with Gasteiger partial charge in [0.05, 0.1) is 0 Å². The van der Waals surface area contributed by atoms with Crippen molar-refractivity contribution in [1.29, 1.82) is 0 Å². The summed E-state index contributed by atoms with van der Waals surface area (Å²) in [6.45, 7) is 0. The number of aliphatic hydroxyl groups excluding tert-OH is 1. The van der Waals surface area contributed by atoms with Gasteiger partial charge in [0, 0.05) is 38.2 Å². The van der Waals surface area contributed by atoms with Crippen molar-refractivity contribution in [1.82, 2.24) is 0 Å². The third-order valence-corrected chi connectivity index (χ3v) is 0. The molecule has 0 saturated carbocycles. The van der Waals surface area contributed by atoms with Gasteiger partial charge in [-0.15, -0.1) is 0 Å². The van der Waals surface area contributed by atoms with Crippen LogP contribution in [0.1, 0.15) is 0 Å². The summed E-state index contributed by atoms with van der Waals surface area (Å²) in [5.74, 6) is 0. The number of hydrogen-bond acceptors (Lipinski definition) is 1. The van der Waals surface area contributed by atoms with Crippen LogP contribution in [0.4, 0.5) is 0 Å². The van der Waals surface area contributed by atoms with Gasteiger partial charge in [-0.05, 0) is 0 Å². The van der Waals surface area contributed by atoms with E-state index in [0.717, 1.165) is 7.11 Å². The summed E-state index contributed by atoms with van der Waals surface area (Å²) in [7, 11) is 1.00. The summed E-state index contributed by atoms with van der Waals surface area (Å²) < 4.78 is 0. The van der Waals surface area contributed by atoms with Crippen LogP contribution in [0.25, 0.3) is 0 Å². The zero-order valence-corrected chi connectivity index (χ0v) is 9.11. The van der Waals surface area contributed by atoms with Gasteiger partial charge in [-0.25, -0.2) is 0 Å². The SMILES string of the molecule is CO.[AlH2].[U]. The molecule has 0 aromatic heterocycles. The van der Waals surface area contributed by atoms with Crippen molar-refractivity contribution in [2.45, 2.75) is 0 Å². The Kier molecular flexibility index (Phi) is 106. The molecule has 0 aromatic carbocycles. The van der Waals surface area contributed by atoms with E-state index in [4.69, 9.17) is 5.11 Å². The van der Waals surface area contributed by atoms with Crippen molar-refractivity contribution in [2.24, 2.45) is 0 Å². The van der Waals surface area contributed by atoms with Gasteiger partial charge in [-0.2, -0.15) is 0 Å². The second-order valence-corrected chi connectivity index (χ2v) is 0. The molecule has 0 rings (SSSR count). The second-order valence-electron chi connectivity index (χ2n) is 0. The van der Waals surface area contributed by atoms with E-state index in [-0.39, 0.29) is 48.5 Å². The van der Waals surface area contributed by atoms with E-state index in [9.17, 15) is 0 Å². The first-order valence-corrected chi connectivity index (χ1v) is 0.447. The van der Waals surface area contributed by atoms with Gasteiger partial charge in [0.25, 0.3) is 0 Å². The van der Waals surface area contributed by atoms with Gasteiger partial charge >= 0.3 is 0 Å². The Morgan fingerprint density at radius 1 is 1.25 bits per heavy atom. The summed E-state index contributed by atoms with van der Waals surface area (Å²) >= 11 is 0. The molecule has 1 radical (unpaired) electrons. The Hall–Kier alpha value is 1.54. The Morgan fingerprint density at radius 3 is 1.25 bits per heavy atom. The summed E-state index contributed by atoms with van der Waals surface area (Å²) in [5, 5.41) is 7.00. The standard InChI is InChI=1S/CH4O.Al.U.2H/c1-2;;;;/h2H,1H3;;;;. The van der Waals surface area contributed by atoms with Crippen molar-refractivity contribution in [3.05, 3.63) is 0 Å². The maximum Gasteiger partial charge on any atom is 0.146 e. The predicted octanol–water partition coefficient (Wildman–Crippen LogP) is -1.31. The third kappa shape index (κ3) is 9.62. The average Bonchev–Trinajstić information content (AvgIpc) is 1.00. The summed E-state index contributed by atoms with van der Waals surface area (Å²) in [4.78, 5) is 0. The molecule has 0 spiro atoms. The molecule has 23 valence electrons. The van der Waals surface area contributed by atoms with Crippen LogP contribution in [0.2, 0.25) is 0 Å². The van der Waals surface area contributed by atoms with Gasteiger partial charge in [0.15, 0.2) is 0 Å². The second kappa shape index (κ2) is 23.9. The quantitative estimate of drug-likeness (QED) is 0.551. The van der Waals surface area contributed by atoms with Crippen LogP contribution in [0.15, 0.2) is 0 Å². The maximum atomic E-state index is 7.00. The minimum Gasteiger partial charge on any atom is -0.400 e. The van der Waals surface area contributed by atoms with E-state index in [1.807, 2.05) is 0 Å². The van der Waals surface area contributed by atoms with Gasteiger partial charge in [0.1, 0.15) is 17.4 Å². The van der Waals surface area contributed by atoms with Crippen LogP contribution >= 0.6 is 0 Å². The molecule has 0 aliphatic heterocycles. The van der Waals surface area contributed by atoms with Crippen molar-refractivity contribution < 1.29 is 36.2 Å². The maximum absolute atomic E-state index is 7.00. The monoisotopic (exact) mass is 299 g/mol. The van der Waals surface area contributed by atoms with Crippen molar-refractivity contribution in [3.63, 3.8) is 0 Å². The van der Waals surface area contributed by atoms with Gasteiger partial charge in [-0.1, -0.05) is 0 Å². The Morgan fingerprint density at radius 2 is 1.25 bits per heavy atom. The zero-order chi connectivity index (χ0) is 2.00. The Labute approximate surface area is 60.3 Å². The van der Waals surface area contributed by atoms with Crippen molar-refractivity contribution >= 4 is 17.4 Å². The number of aliphatic hydroxyl groups is 1. The van der Waals surface area contributed by atoms with E-state index in [1.54, 1.807) is 0 Å². The molecule has 0 aliphatic carbocycles. The van der Waals surface area contributed by atoms with Crippen LogP contribution < -0.4 is 0 Å². The molecule has 0 amide bonds. The van der Waals surface area contributed by atoms with Crippen LogP contribution in [0.3, 0.4) is 0 Å². The minimum absolute atomic E-state index is 0. The van der Waals surface area contributed by atoms with Crippen LogP contribution in [-0.4, -0.2) is 29.6 Å². The molecule has 0 aromatic rings. The molecule has 0 saturated heterocycles. The van der Waals surface area contributed by atoms with E-state index in [1.165, 1.54) is 0 Å². The van der Waals surface area contributed by atoms with E-state index in [0.29, 0.717) is 0 Å². The molecule has 0 heterocycles. The number of hydrogen-bond donors (Lipinski definition) is 1. The van der Waals surface area contributed by atoms with Crippen LogP contribution in [0.5, 0.6) is 0 Å². The Balaban J connectivity index is -0.00000000500. The fraction of sp³-hybridized carbons (Fsp3) is 1.00. The van der Waals surface area contributed by atoms with Crippen molar-refractivity contribution in [3.8, 4) is 0 Å². The molecule has 0 aliphatic rings. The van der Waals surface area contributed by atoms with Gasteiger partial charge < -0.3 is 5.11 Å². The van der Waals surface area contributed by atoms with E-state index in [2.05, 4.69) is 0 Å². The van der Waals surface area contributed by atoms with Crippen molar-refractivity contribution in [2.75, 3.05) is 7.11 Å². The first kappa shape index (κ1) is 17.7. The largest absolute Gasteiger partial charge is 0.400 e. The van der Waals surface area contributed by atoms with E-state index >= 15 is 0 Å². The van der Waals surface area contributed by atoms with Gasteiger partial charge in [0.2, 0.25) is 0 Å². The molecule has 0 bridgehead atoms. The van der Waals surface area contributed by atoms with E-state index < -0.39 is 0 Å². The smallest absolute Gasteiger partial charge is 0.146 e. The molecule has 0 atom stereocenters. The fourth-order valence-corrected chi connectivity index (χ4v) is 0.